The summed E-state index contributed by atoms with van der Waals surface area (Å²) in [6, 6.07) is 7.14. The molecule has 1 atom stereocenters. The molecule has 1 saturated carbocycles. The topological polar surface area (TPSA) is 69.0 Å². The van der Waals surface area contributed by atoms with Crippen LogP contribution in [0.15, 0.2) is 30.6 Å². The smallest absolute Gasteiger partial charge is 0.251 e. The molecule has 0 bridgehead atoms. The van der Waals surface area contributed by atoms with Gasteiger partial charge in [0.2, 0.25) is 0 Å². The molecule has 1 amide bonds. The quantitative estimate of drug-likeness (QED) is 0.853. The van der Waals surface area contributed by atoms with Crippen LogP contribution in [0.3, 0.4) is 0 Å². The van der Waals surface area contributed by atoms with E-state index in [0.717, 1.165) is 31.0 Å². The third-order valence-corrected chi connectivity index (χ3v) is 4.03. The molecule has 2 aromatic rings. The van der Waals surface area contributed by atoms with Crippen molar-refractivity contribution in [2.24, 2.45) is 5.92 Å². The van der Waals surface area contributed by atoms with Crippen LogP contribution in [0, 0.1) is 5.92 Å². The highest BCUT2D eigenvalue weighted by atomic mass is 16.5. The molecule has 0 aliphatic heterocycles. The van der Waals surface area contributed by atoms with E-state index >= 15 is 0 Å². The molecule has 6 nitrogen and oxygen atoms in total. The number of carbonyl (C=O) groups excluding carboxylic acids is 1. The molecule has 0 saturated heterocycles. The summed E-state index contributed by atoms with van der Waals surface area (Å²) in [5.41, 5.74) is 0.627. The Kier molecular flexibility index (Phi) is 4.60. The average Bonchev–Trinajstić information content (AvgIpc) is 3.30. The zero-order chi connectivity index (χ0) is 16.2. The van der Waals surface area contributed by atoms with E-state index in [4.69, 9.17) is 4.74 Å². The first-order chi connectivity index (χ1) is 11.2. The maximum atomic E-state index is 12.5. The number of nitrogens with zero attached hydrogens (tertiary/aromatic N) is 3. The number of hydrogen-bond donors (Lipinski definition) is 1. The first kappa shape index (κ1) is 15.5. The normalized spacial score (nSPS) is 15.2. The fraction of sp³-hybridized carbons (Fsp3) is 0.471. The van der Waals surface area contributed by atoms with E-state index in [0.29, 0.717) is 18.1 Å². The summed E-state index contributed by atoms with van der Waals surface area (Å²) >= 11 is 0. The maximum absolute atomic E-state index is 12.5. The second-order valence-corrected chi connectivity index (χ2v) is 5.68. The number of benzene rings is 1. The Hall–Kier alpha value is -2.37. The molecule has 1 aromatic carbocycles. The number of hydrogen-bond acceptors (Lipinski definition) is 4. The van der Waals surface area contributed by atoms with Crippen LogP contribution >= 0.6 is 0 Å². The minimum absolute atomic E-state index is 0.0727. The molecule has 1 aromatic heterocycles. The lowest BCUT2D eigenvalue weighted by Gasteiger charge is -2.18. The predicted octanol–water partition coefficient (Wildman–Crippen LogP) is 2.58. The van der Waals surface area contributed by atoms with Crippen LogP contribution in [0.5, 0.6) is 5.75 Å². The minimum atomic E-state index is -0.0874. The highest BCUT2D eigenvalue weighted by molar-refractivity contribution is 5.94. The van der Waals surface area contributed by atoms with Crippen molar-refractivity contribution in [2.45, 2.75) is 39.3 Å². The van der Waals surface area contributed by atoms with Crippen LogP contribution in [0.1, 0.15) is 48.9 Å². The summed E-state index contributed by atoms with van der Waals surface area (Å²) in [5, 5.41) is 7.34. The zero-order valence-corrected chi connectivity index (χ0v) is 13.5. The second kappa shape index (κ2) is 6.81. The summed E-state index contributed by atoms with van der Waals surface area (Å²) in [5.74, 6) is 1.98. The lowest BCUT2D eigenvalue weighted by molar-refractivity contribution is 0.0928. The van der Waals surface area contributed by atoms with Crippen LogP contribution in [0.4, 0.5) is 0 Å². The minimum Gasteiger partial charge on any atom is -0.494 e. The lowest BCUT2D eigenvalue weighted by Crippen LogP contribution is -2.32. The van der Waals surface area contributed by atoms with Crippen molar-refractivity contribution < 1.29 is 9.53 Å². The number of nitrogens with one attached hydrogen (secondary N) is 1. The largest absolute Gasteiger partial charge is 0.494 e. The number of aryl methyl sites for hydroxylation is 1. The number of aromatic nitrogens is 3. The molecule has 0 spiro atoms. The number of ether oxygens (including phenoxy) is 1. The molecule has 1 heterocycles. The summed E-state index contributed by atoms with van der Waals surface area (Å²) in [6.45, 7) is 5.32. The Bertz CT molecular complexity index is 661. The Labute approximate surface area is 135 Å². The van der Waals surface area contributed by atoms with Gasteiger partial charge in [-0.1, -0.05) is 0 Å². The molecule has 0 radical (unpaired) electrons. The molecular weight excluding hydrogens is 292 g/mol. The predicted molar refractivity (Wildman–Crippen MR) is 86.2 cm³/mol. The van der Waals surface area contributed by atoms with Gasteiger partial charge < -0.3 is 10.1 Å². The van der Waals surface area contributed by atoms with Gasteiger partial charge in [0.15, 0.2) is 0 Å². The third kappa shape index (κ3) is 3.52. The van der Waals surface area contributed by atoms with Crippen LogP contribution in [-0.4, -0.2) is 27.3 Å². The van der Waals surface area contributed by atoms with E-state index in [1.165, 1.54) is 0 Å². The molecule has 3 rings (SSSR count). The summed E-state index contributed by atoms with van der Waals surface area (Å²) in [7, 11) is 0. The number of amides is 1. The molecule has 23 heavy (non-hydrogen) atoms. The Morgan fingerprint density at radius 1 is 1.35 bits per heavy atom. The Morgan fingerprint density at radius 2 is 2.09 bits per heavy atom. The fourth-order valence-electron chi connectivity index (χ4n) is 2.67. The van der Waals surface area contributed by atoms with E-state index in [1.54, 1.807) is 18.5 Å². The van der Waals surface area contributed by atoms with Crippen molar-refractivity contribution in [3.8, 4) is 5.75 Å². The molecule has 1 aliphatic rings. The van der Waals surface area contributed by atoms with Crippen LogP contribution < -0.4 is 10.1 Å². The highest BCUT2D eigenvalue weighted by Crippen LogP contribution is 2.40. The first-order valence-corrected chi connectivity index (χ1v) is 8.14. The van der Waals surface area contributed by atoms with Gasteiger partial charge in [-0.15, -0.1) is 0 Å². The Balaban J connectivity index is 1.74. The highest BCUT2D eigenvalue weighted by Gasteiger charge is 2.36. The SMILES string of the molecule is CCOc1ccc(C(=O)N[C@@H](c2ncnn2CC)C2CC2)cc1. The van der Waals surface area contributed by atoms with Gasteiger partial charge in [-0.05, 0) is 56.9 Å². The van der Waals surface area contributed by atoms with Gasteiger partial charge in [-0.2, -0.15) is 5.10 Å². The van der Waals surface area contributed by atoms with Crippen LogP contribution in [0.2, 0.25) is 0 Å². The number of carbonyl (C=O) groups is 1. The molecule has 1 aliphatic carbocycles. The molecule has 1 fully saturated rings. The molecular formula is C17H22N4O2. The van der Waals surface area contributed by atoms with E-state index in [9.17, 15) is 4.79 Å². The fourth-order valence-corrected chi connectivity index (χ4v) is 2.67. The van der Waals surface area contributed by atoms with Gasteiger partial charge in [0, 0.05) is 12.1 Å². The molecule has 6 heteroatoms. The standard InChI is InChI=1S/C17H22N4O2/c1-3-21-16(18-11-19-21)15(12-5-6-12)20-17(22)13-7-9-14(10-8-13)23-4-2/h7-12,15H,3-6H2,1-2H3,(H,20,22)/t15-/m1/s1. The van der Waals surface area contributed by atoms with Crippen LogP contribution in [-0.2, 0) is 6.54 Å². The van der Waals surface area contributed by atoms with Gasteiger partial charge in [-0.25, -0.2) is 9.67 Å². The van der Waals surface area contributed by atoms with E-state index in [2.05, 4.69) is 15.4 Å². The van der Waals surface area contributed by atoms with Crippen molar-refractivity contribution in [3.63, 3.8) is 0 Å². The van der Waals surface area contributed by atoms with Gasteiger partial charge in [0.05, 0.1) is 12.6 Å². The van der Waals surface area contributed by atoms with Gasteiger partial charge in [-0.3, -0.25) is 4.79 Å². The van der Waals surface area contributed by atoms with E-state index in [-0.39, 0.29) is 11.9 Å². The van der Waals surface area contributed by atoms with Crippen molar-refractivity contribution in [2.75, 3.05) is 6.61 Å². The van der Waals surface area contributed by atoms with E-state index < -0.39 is 0 Å². The first-order valence-electron chi connectivity index (χ1n) is 8.14. The van der Waals surface area contributed by atoms with E-state index in [1.807, 2.05) is 30.7 Å². The number of rotatable bonds is 7. The second-order valence-electron chi connectivity index (χ2n) is 5.68. The molecule has 0 unspecified atom stereocenters. The monoisotopic (exact) mass is 314 g/mol. The van der Waals surface area contributed by atoms with Crippen molar-refractivity contribution in [1.82, 2.24) is 20.1 Å². The third-order valence-electron chi connectivity index (χ3n) is 4.03. The Morgan fingerprint density at radius 3 is 2.70 bits per heavy atom. The van der Waals surface area contributed by atoms with Crippen LogP contribution in [0.25, 0.3) is 0 Å². The van der Waals surface area contributed by atoms with Gasteiger partial charge in [0.1, 0.15) is 17.9 Å². The average molecular weight is 314 g/mol. The zero-order valence-electron chi connectivity index (χ0n) is 13.5. The maximum Gasteiger partial charge on any atom is 0.251 e. The summed E-state index contributed by atoms with van der Waals surface area (Å²) < 4.78 is 7.25. The molecule has 122 valence electrons. The van der Waals surface area contributed by atoms with Crippen molar-refractivity contribution >= 4 is 5.91 Å². The lowest BCUT2D eigenvalue weighted by atomic mass is 10.1. The van der Waals surface area contributed by atoms with Gasteiger partial charge in [0.25, 0.3) is 5.91 Å². The van der Waals surface area contributed by atoms with Gasteiger partial charge >= 0.3 is 0 Å². The summed E-state index contributed by atoms with van der Waals surface area (Å²) in [4.78, 5) is 16.9. The molecule has 1 N–H and O–H groups in total. The van der Waals surface area contributed by atoms with Crippen molar-refractivity contribution in [3.05, 3.63) is 42.0 Å². The van der Waals surface area contributed by atoms with Crippen molar-refractivity contribution in [1.29, 1.82) is 0 Å². The summed E-state index contributed by atoms with van der Waals surface area (Å²) in [6.07, 6.45) is 3.78.